The summed E-state index contributed by atoms with van der Waals surface area (Å²) in [6.45, 7) is 2.40. The van der Waals surface area contributed by atoms with Gasteiger partial charge in [0, 0.05) is 10.8 Å². The minimum Gasteiger partial charge on any atom is -0.478 e. The van der Waals surface area contributed by atoms with Crippen LogP contribution in [-0.2, 0) is 14.9 Å². The Hall–Kier alpha value is -2.45. The first-order valence-electron chi connectivity index (χ1n) is 11.2. The summed E-state index contributed by atoms with van der Waals surface area (Å²) in [7, 11) is -4.60. The van der Waals surface area contributed by atoms with Crippen molar-refractivity contribution in [2.75, 3.05) is 6.61 Å². The van der Waals surface area contributed by atoms with E-state index in [2.05, 4.69) is 6.92 Å². The maximum absolute atomic E-state index is 12.6. The van der Waals surface area contributed by atoms with E-state index in [1.54, 1.807) is 0 Å². The second kappa shape index (κ2) is 12.6. The molecule has 2 N–H and O–H groups in total. The van der Waals surface area contributed by atoms with Gasteiger partial charge in [-0.05, 0) is 24.6 Å². The quantitative estimate of drug-likeness (QED) is 0.204. The first-order valence-corrected chi connectivity index (χ1v) is 12.6. The van der Waals surface area contributed by atoms with Crippen LogP contribution >= 0.6 is 0 Å². The Balaban J connectivity index is 1.97. The molecule has 0 heterocycles. The number of carboxylic acids is 1. The van der Waals surface area contributed by atoms with Gasteiger partial charge < -0.3 is 9.84 Å². The van der Waals surface area contributed by atoms with Gasteiger partial charge in [0.2, 0.25) is 0 Å². The van der Waals surface area contributed by atoms with E-state index in [-0.39, 0.29) is 28.5 Å². The number of ether oxygens (including phenoxy) is 1. The summed E-state index contributed by atoms with van der Waals surface area (Å²) in [6, 6.07) is 6.25. The van der Waals surface area contributed by atoms with E-state index in [1.807, 2.05) is 0 Å². The molecule has 0 amide bonds. The van der Waals surface area contributed by atoms with Gasteiger partial charge in [-0.2, -0.15) is 8.42 Å². The summed E-state index contributed by atoms with van der Waals surface area (Å²) in [5.74, 6) is -2.03. The minimum atomic E-state index is -4.60. The molecule has 0 fully saturated rings. The van der Waals surface area contributed by atoms with E-state index in [4.69, 9.17) is 4.74 Å². The predicted octanol–water partition coefficient (Wildman–Crippen LogP) is 5.86. The van der Waals surface area contributed by atoms with E-state index in [0.29, 0.717) is 6.42 Å². The first kappa shape index (κ1) is 25.8. The summed E-state index contributed by atoms with van der Waals surface area (Å²) < 4.78 is 38.2. The number of aromatic carboxylic acids is 1. The number of unbranched alkanes of at least 4 members (excludes halogenated alkanes) is 9. The lowest BCUT2D eigenvalue weighted by atomic mass is 9.99. The number of esters is 1. The highest BCUT2D eigenvalue weighted by Crippen LogP contribution is 2.30. The molecule has 0 saturated carbocycles. The normalized spacial score (nSPS) is 11.6. The summed E-state index contributed by atoms with van der Waals surface area (Å²) in [5, 5.41) is 9.39. The molecule has 0 radical (unpaired) electrons. The SMILES string of the molecule is CCCCCCCCCCCCOC(=O)c1ccc(S(=O)(=O)O)c2cccc(C(=O)O)c12. The lowest BCUT2D eigenvalue weighted by Crippen LogP contribution is -2.11. The molecule has 0 aliphatic rings. The van der Waals surface area contributed by atoms with E-state index < -0.39 is 27.0 Å². The molecule has 0 saturated heterocycles. The highest BCUT2D eigenvalue weighted by atomic mass is 32.2. The summed E-state index contributed by atoms with van der Waals surface area (Å²) in [6.07, 6.45) is 11.5. The van der Waals surface area contributed by atoms with Crippen LogP contribution in [0.25, 0.3) is 10.8 Å². The zero-order valence-electron chi connectivity index (χ0n) is 18.5. The molecule has 176 valence electrons. The van der Waals surface area contributed by atoms with Gasteiger partial charge in [-0.25, -0.2) is 9.59 Å². The number of carbonyl (C=O) groups excluding carboxylic acids is 1. The number of hydrogen-bond donors (Lipinski definition) is 2. The molecule has 0 atom stereocenters. The molecule has 0 bridgehead atoms. The number of rotatable bonds is 14. The van der Waals surface area contributed by atoms with Crippen LogP contribution in [0, 0.1) is 0 Å². The molecule has 8 heteroatoms. The average molecular weight is 465 g/mol. The largest absolute Gasteiger partial charge is 0.478 e. The van der Waals surface area contributed by atoms with Gasteiger partial charge in [0.1, 0.15) is 4.90 Å². The molecular weight excluding hydrogens is 432 g/mol. The van der Waals surface area contributed by atoms with Gasteiger partial charge >= 0.3 is 11.9 Å². The van der Waals surface area contributed by atoms with Gasteiger partial charge in [0.05, 0.1) is 17.7 Å². The standard InChI is InChI=1S/C24H32O7S/c1-2-3-4-5-6-7-8-9-10-11-17-31-24(27)20-15-16-21(32(28,29)30)18-13-12-14-19(22(18)20)23(25)26/h12-16H,2-11,17H2,1H3,(H,25,26)(H,28,29,30). The highest BCUT2D eigenvalue weighted by molar-refractivity contribution is 7.86. The van der Waals surface area contributed by atoms with Crippen LogP contribution in [0.5, 0.6) is 0 Å². The summed E-state index contributed by atoms with van der Waals surface area (Å²) in [4.78, 5) is 23.8. The maximum Gasteiger partial charge on any atom is 0.338 e. The third-order valence-electron chi connectivity index (χ3n) is 5.46. The van der Waals surface area contributed by atoms with Crippen molar-refractivity contribution in [3.63, 3.8) is 0 Å². The van der Waals surface area contributed by atoms with Crippen LogP contribution in [0.4, 0.5) is 0 Å². The zero-order chi connectivity index (χ0) is 23.6. The van der Waals surface area contributed by atoms with Crippen molar-refractivity contribution < 1.29 is 32.4 Å². The van der Waals surface area contributed by atoms with Crippen LogP contribution in [0.15, 0.2) is 35.2 Å². The van der Waals surface area contributed by atoms with Crippen molar-refractivity contribution in [2.45, 2.75) is 76.0 Å². The number of fused-ring (bicyclic) bond motifs is 1. The lowest BCUT2D eigenvalue weighted by molar-refractivity contribution is 0.0500. The van der Waals surface area contributed by atoms with E-state index >= 15 is 0 Å². The van der Waals surface area contributed by atoms with Crippen LogP contribution in [0.1, 0.15) is 91.8 Å². The average Bonchev–Trinajstić information content (AvgIpc) is 2.75. The fraction of sp³-hybridized carbons (Fsp3) is 0.500. The Morgan fingerprint density at radius 2 is 1.44 bits per heavy atom. The fourth-order valence-corrected chi connectivity index (χ4v) is 4.47. The zero-order valence-corrected chi connectivity index (χ0v) is 19.3. The second-order valence-corrected chi connectivity index (χ2v) is 9.33. The number of hydrogen-bond acceptors (Lipinski definition) is 5. The molecule has 7 nitrogen and oxygen atoms in total. The molecule has 0 aliphatic carbocycles. The third kappa shape index (κ3) is 7.31. The van der Waals surface area contributed by atoms with E-state index in [9.17, 15) is 27.7 Å². The number of carbonyl (C=O) groups is 2. The van der Waals surface area contributed by atoms with Crippen molar-refractivity contribution in [2.24, 2.45) is 0 Å². The summed E-state index contributed by atoms with van der Waals surface area (Å²) in [5.41, 5.74) is -0.281. The van der Waals surface area contributed by atoms with Crippen molar-refractivity contribution in [1.29, 1.82) is 0 Å². The molecule has 2 aromatic carbocycles. The van der Waals surface area contributed by atoms with Crippen LogP contribution in [-0.4, -0.2) is 36.6 Å². The third-order valence-corrected chi connectivity index (χ3v) is 6.37. The lowest BCUT2D eigenvalue weighted by Gasteiger charge is -2.12. The number of benzene rings is 2. The van der Waals surface area contributed by atoms with Crippen LogP contribution in [0.3, 0.4) is 0 Å². The summed E-state index contributed by atoms with van der Waals surface area (Å²) >= 11 is 0. The molecule has 2 aromatic rings. The Bertz CT molecular complexity index is 1030. The molecular formula is C24H32O7S. The van der Waals surface area contributed by atoms with Gasteiger partial charge in [0.25, 0.3) is 10.1 Å². The van der Waals surface area contributed by atoms with Gasteiger partial charge in [-0.3, -0.25) is 4.55 Å². The smallest absolute Gasteiger partial charge is 0.338 e. The van der Waals surface area contributed by atoms with E-state index in [1.165, 1.54) is 62.8 Å². The van der Waals surface area contributed by atoms with E-state index in [0.717, 1.165) is 25.3 Å². The number of carboxylic acid groups (broad SMARTS) is 1. The second-order valence-electron chi connectivity index (χ2n) is 7.94. The molecule has 0 aliphatic heterocycles. The fourth-order valence-electron chi connectivity index (χ4n) is 3.79. The Labute approximate surface area is 189 Å². The monoisotopic (exact) mass is 464 g/mol. The van der Waals surface area contributed by atoms with Crippen LogP contribution < -0.4 is 0 Å². The Morgan fingerprint density at radius 1 is 0.844 bits per heavy atom. The van der Waals surface area contributed by atoms with Gasteiger partial charge in [-0.1, -0.05) is 76.8 Å². The highest BCUT2D eigenvalue weighted by Gasteiger charge is 2.23. The predicted molar refractivity (Wildman–Crippen MR) is 123 cm³/mol. The van der Waals surface area contributed by atoms with Gasteiger partial charge in [-0.15, -0.1) is 0 Å². The minimum absolute atomic E-state index is 0.0409. The molecule has 0 unspecified atom stereocenters. The molecule has 32 heavy (non-hydrogen) atoms. The molecule has 2 rings (SSSR count). The van der Waals surface area contributed by atoms with Gasteiger partial charge in [0.15, 0.2) is 0 Å². The Kier molecular flexibility index (Phi) is 10.1. The van der Waals surface area contributed by atoms with Crippen molar-refractivity contribution in [1.82, 2.24) is 0 Å². The van der Waals surface area contributed by atoms with Crippen molar-refractivity contribution >= 4 is 32.8 Å². The Morgan fingerprint density at radius 3 is 2.00 bits per heavy atom. The molecule has 0 spiro atoms. The topological polar surface area (TPSA) is 118 Å². The maximum atomic E-state index is 12.6. The first-order chi connectivity index (χ1) is 15.3. The van der Waals surface area contributed by atoms with Crippen molar-refractivity contribution in [3.05, 3.63) is 41.5 Å². The van der Waals surface area contributed by atoms with Crippen LogP contribution in [0.2, 0.25) is 0 Å². The van der Waals surface area contributed by atoms with Crippen molar-refractivity contribution in [3.8, 4) is 0 Å². The molecule has 0 aromatic heterocycles.